The van der Waals surface area contributed by atoms with E-state index in [0.29, 0.717) is 35.3 Å². The van der Waals surface area contributed by atoms with Gasteiger partial charge in [-0.25, -0.2) is 9.67 Å². The van der Waals surface area contributed by atoms with Gasteiger partial charge in [0.2, 0.25) is 0 Å². The van der Waals surface area contributed by atoms with Gasteiger partial charge in [0.15, 0.2) is 11.5 Å². The highest BCUT2D eigenvalue weighted by Crippen LogP contribution is 2.31. The summed E-state index contributed by atoms with van der Waals surface area (Å²) in [7, 11) is 1.72. The number of aromatic nitrogens is 4. The molecule has 0 aromatic carbocycles. The Morgan fingerprint density at radius 1 is 1.40 bits per heavy atom. The molecule has 25 heavy (non-hydrogen) atoms. The van der Waals surface area contributed by atoms with Crippen LogP contribution in [0.15, 0.2) is 12.1 Å². The van der Waals surface area contributed by atoms with E-state index in [1.807, 2.05) is 13.0 Å². The number of rotatable bonds is 5. The molecule has 3 rings (SSSR count). The van der Waals surface area contributed by atoms with Crippen LogP contribution in [-0.2, 0) is 11.8 Å². The molecule has 0 saturated heterocycles. The Hall–Kier alpha value is -2.64. The Balaban J connectivity index is 1.71. The van der Waals surface area contributed by atoms with Gasteiger partial charge in [0, 0.05) is 13.0 Å². The first-order valence-corrected chi connectivity index (χ1v) is 8.46. The highest BCUT2D eigenvalue weighted by molar-refractivity contribution is 5.70. The lowest BCUT2D eigenvalue weighted by molar-refractivity contribution is -0.145. The molecule has 2 heterocycles. The van der Waals surface area contributed by atoms with Gasteiger partial charge in [0.1, 0.15) is 5.75 Å². The summed E-state index contributed by atoms with van der Waals surface area (Å²) in [5.74, 6) is 0.103. The standard InChI is InChI=1S/C17H23N5O3/c1-10-14(25-9-11-5-3-4-6-12(11)17(23)24)8-7-13(19-10)15-16(18)22(2)21-20-15/h7-8,11-12H,3-6,9,18H2,1-2H3,(H,23,24)/t11-,12+/m1/s1. The van der Waals surface area contributed by atoms with E-state index in [0.717, 1.165) is 25.7 Å². The topological polar surface area (TPSA) is 116 Å². The first kappa shape index (κ1) is 17.2. The van der Waals surface area contributed by atoms with Crippen LogP contribution < -0.4 is 10.5 Å². The summed E-state index contributed by atoms with van der Waals surface area (Å²) in [4.78, 5) is 15.9. The van der Waals surface area contributed by atoms with Gasteiger partial charge in [-0.05, 0) is 31.9 Å². The largest absolute Gasteiger partial charge is 0.491 e. The molecule has 0 amide bonds. The van der Waals surface area contributed by atoms with Crippen molar-refractivity contribution in [1.29, 1.82) is 0 Å². The quantitative estimate of drug-likeness (QED) is 0.851. The van der Waals surface area contributed by atoms with Crippen molar-refractivity contribution in [3.8, 4) is 17.1 Å². The number of nitrogens with zero attached hydrogens (tertiary/aromatic N) is 4. The molecule has 0 bridgehead atoms. The van der Waals surface area contributed by atoms with Gasteiger partial charge in [-0.3, -0.25) is 4.79 Å². The maximum Gasteiger partial charge on any atom is 0.306 e. The lowest BCUT2D eigenvalue weighted by Gasteiger charge is -2.28. The van der Waals surface area contributed by atoms with Crippen molar-refractivity contribution in [2.24, 2.45) is 18.9 Å². The second kappa shape index (κ2) is 7.08. The van der Waals surface area contributed by atoms with Crippen LogP contribution in [0.3, 0.4) is 0 Å². The smallest absolute Gasteiger partial charge is 0.306 e. The number of carboxylic acids is 1. The van der Waals surface area contributed by atoms with Crippen molar-refractivity contribution in [3.63, 3.8) is 0 Å². The summed E-state index contributed by atoms with van der Waals surface area (Å²) in [6, 6.07) is 3.61. The van der Waals surface area contributed by atoms with Crippen molar-refractivity contribution in [2.75, 3.05) is 12.3 Å². The van der Waals surface area contributed by atoms with Gasteiger partial charge >= 0.3 is 5.97 Å². The summed E-state index contributed by atoms with van der Waals surface area (Å²) in [6.07, 6.45) is 3.64. The van der Waals surface area contributed by atoms with Crippen molar-refractivity contribution in [1.82, 2.24) is 20.0 Å². The molecular weight excluding hydrogens is 322 g/mol. The van der Waals surface area contributed by atoms with E-state index < -0.39 is 5.97 Å². The van der Waals surface area contributed by atoms with Crippen LogP contribution in [0.5, 0.6) is 5.75 Å². The third kappa shape index (κ3) is 3.57. The summed E-state index contributed by atoms with van der Waals surface area (Å²) in [6.45, 7) is 2.24. The Bertz CT molecular complexity index is 774. The molecule has 8 nitrogen and oxygen atoms in total. The molecule has 1 aliphatic rings. The predicted octanol–water partition coefficient (Wildman–Crippen LogP) is 2.04. The Kier molecular flexibility index (Phi) is 4.87. The minimum Gasteiger partial charge on any atom is -0.491 e. The number of ether oxygens (including phenoxy) is 1. The van der Waals surface area contributed by atoms with E-state index in [9.17, 15) is 9.90 Å². The highest BCUT2D eigenvalue weighted by atomic mass is 16.5. The lowest BCUT2D eigenvalue weighted by Crippen LogP contribution is -2.31. The number of nitrogens with two attached hydrogens (primary N) is 1. The van der Waals surface area contributed by atoms with E-state index in [2.05, 4.69) is 15.3 Å². The average Bonchev–Trinajstić information content (AvgIpc) is 2.93. The van der Waals surface area contributed by atoms with Gasteiger partial charge in [0.05, 0.1) is 23.9 Å². The maximum atomic E-state index is 11.4. The molecule has 134 valence electrons. The van der Waals surface area contributed by atoms with E-state index >= 15 is 0 Å². The number of carboxylic acid groups (broad SMARTS) is 1. The fourth-order valence-corrected chi connectivity index (χ4v) is 3.31. The molecule has 8 heteroatoms. The maximum absolute atomic E-state index is 11.4. The zero-order valence-electron chi connectivity index (χ0n) is 14.5. The number of pyridine rings is 1. The average molecular weight is 345 g/mol. The fraction of sp³-hybridized carbons (Fsp3) is 0.529. The van der Waals surface area contributed by atoms with Crippen molar-refractivity contribution >= 4 is 11.8 Å². The lowest BCUT2D eigenvalue weighted by atomic mass is 9.80. The van der Waals surface area contributed by atoms with Gasteiger partial charge in [0.25, 0.3) is 0 Å². The van der Waals surface area contributed by atoms with Crippen molar-refractivity contribution in [2.45, 2.75) is 32.6 Å². The number of hydrogen-bond acceptors (Lipinski definition) is 6. The Morgan fingerprint density at radius 3 is 2.80 bits per heavy atom. The summed E-state index contributed by atoms with van der Waals surface area (Å²) >= 11 is 0. The molecule has 0 unspecified atom stereocenters. The number of hydrogen-bond donors (Lipinski definition) is 2. The molecule has 3 N–H and O–H groups in total. The van der Waals surface area contributed by atoms with Crippen molar-refractivity contribution < 1.29 is 14.6 Å². The summed E-state index contributed by atoms with van der Waals surface area (Å²) < 4.78 is 7.38. The third-order valence-electron chi connectivity index (χ3n) is 4.83. The number of carbonyl (C=O) groups is 1. The van der Waals surface area contributed by atoms with Crippen LogP contribution in [0.2, 0.25) is 0 Å². The molecular formula is C17H23N5O3. The van der Waals surface area contributed by atoms with Gasteiger partial charge < -0.3 is 15.6 Å². The number of aryl methyl sites for hydroxylation is 2. The van der Waals surface area contributed by atoms with Crippen LogP contribution in [0.1, 0.15) is 31.4 Å². The van der Waals surface area contributed by atoms with Crippen LogP contribution in [0.4, 0.5) is 5.82 Å². The van der Waals surface area contributed by atoms with E-state index in [1.54, 1.807) is 13.1 Å². The molecule has 1 fully saturated rings. The predicted molar refractivity (Wildman–Crippen MR) is 92.0 cm³/mol. The monoisotopic (exact) mass is 345 g/mol. The minimum atomic E-state index is -0.725. The van der Waals surface area contributed by atoms with Gasteiger partial charge in [-0.1, -0.05) is 18.1 Å². The zero-order chi connectivity index (χ0) is 18.0. The molecule has 2 atom stereocenters. The molecule has 2 aromatic heterocycles. The van der Waals surface area contributed by atoms with E-state index in [-0.39, 0.29) is 11.8 Å². The normalized spacial score (nSPS) is 20.4. The SMILES string of the molecule is Cc1nc(-c2nnn(C)c2N)ccc1OC[C@H]1CCCC[C@@H]1C(=O)O. The number of nitrogen functional groups attached to an aromatic ring is 1. The Labute approximate surface area is 146 Å². The molecule has 0 radical (unpaired) electrons. The molecule has 1 aliphatic carbocycles. The van der Waals surface area contributed by atoms with Crippen LogP contribution in [0.25, 0.3) is 11.4 Å². The summed E-state index contributed by atoms with van der Waals surface area (Å²) in [5.41, 5.74) is 7.82. The molecule has 0 spiro atoms. The second-order valence-corrected chi connectivity index (χ2v) is 6.53. The van der Waals surface area contributed by atoms with Gasteiger partial charge in [-0.2, -0.15) is 0 Å². The van der Waals surface area contributed by atoms with E-state index in [1.165, 1.54) is 4.68 Å². The zero-order valence-corrected chi connectivity index (χ0v) is 14.5. The molecule has 1 saturated carbocycles. The first-order valence-electron chi connectivity index (χ1n) is 8.46. The van der Waals surface area contributed by atoms with Crippen LogP contribution in [0, 0.1) is 18.8 Å². The highest BCUT2D eigenvalue weighted by Gasteiger charge is 2.31. The van der Waals surface area contributed by atoms with Gasteiger partial charge in [-0.15, -0.1) is 5.10 Å². The minimum absolute atomic E-state index is 0.0426. The second-order valence-electron chi connectivity index (χ2n) is 6.53. The third-order valence-corrected chi connectivity index (χ3v) is 4.83. The number of anilines is 1. The van der Waals surface area contributed by atoms with Crippen LogP contribution >= 0.6 is 0 Å². The molecule has 2 aromatic rings. The Morgan fingerprint density at radius 2 is 2.16 bits per heavy atom. The summed E-state index contributed by atoms with van der Waals surface area (Å²) in [5, 5.41) is 17.3. The van der Waals surface area contributed by atoms with Crippen molar-refractivity contribution in [3.05, 3.63) is 17.8 Å². The first-order chi connectivity index (χ1) is 12.0. The van der Waals surface area contributed by atoms with Crippen LogP contribution in [-0.4, -0.2) is 37.7 Å². The molecule has 0 aliphatic heterocycles. The van der Waals surface area contributed by atoms with E-state index in [4.69, 9.17) is 10.5 Å². The fourth-order valence-electron chi connectivity index (χ4n) is 3.31. The number of aliphatic carboxylic acids is 1.